The summed E-state index contributed by atoms with van der Waals surface area (Å²) >= 11 is 0. The van der Waals surface area contributed by atoms with Gasteiger partial charge in [0.05, 0.1) is 24.6 Å². The van der Waals surface area contributed by atoms with Gasteiger partial charge in [0.15, 0.2) is 0 Å². The highest BCUT2D eigenvalue weighted by molar-refractivity contribution is 5.86. The summed E-state index contributed by atoms with van der Waals surface area (Å²) in [5, 5.41) is 4.10. The van der Waals surface area contributed by atoms with Crippen LogP contribution in [0.25, 0.3) is 0 Å². The zero-order valence-corrected chi connectivity index (χ0v) is 13.9. The number of oxime groups is 1. The second-order valence-electron chi connectivity index (χ2n) is 6.59. The number of halogens is 1. The largest absolute Gasteiger partial charge is 0.391 e. The molecule has 1 aromatic carbocycles. The van der Waals surface area contributed by atoms with Gasteiger partial charge in [-0.1, -0.05) is 32.0 Å². The fourth-order valence-corrected chi connectivity index (χ4v) is 2.04. The van der Waals surface area contributed by atoms with E-state index in [-0.39, 0.29) is 17.8 Å². The Morgan fingerprint density at radius 1 is 1.32 bits per heavy atom. The van der Waals surface area contributed by atoms with Gasteiger partial charge in [0.2, 0.25) is 0 Å². The van der Waals surface area contributed by atoms with Crippen LogP contribution >= 0.6 is 0 Å². The molecule has 1 saturated heterocycles. The molecule has 1 heterocycles. The molecule has 0 amide bonds. The quantitative estimate of drug-likeness (QED) is 0.629. The van der Waals surface area contributed by atoms with Crippen molar-refractivity contribution >= 4 is 11.4 Å². The molecule has 0 radical (unpaired) electrons. The van der Waals surface area contributed by atoms with E-state index in [0.717, 1.165) is 24.4 Å². The van der Waals surface area contributed by atoms with Gasteiger partial charge in [0.1, 0.15) is 12.4 Å². The monoisotopic (exact) mass is 308 g/mol. The first-order valence-corrected chi connectivity index (χ1v) is 7.66. The third-order valence-electron chi connectivity index (χ3n) is 3.88. The van der Waals surface area contributed by atoms with Crippen LogP contribution in [0.2, 0.25) is 0 Å². The molecule has 1 aliphatic heterocycles. The average molecular weight is 308 g/mol. The molecule has 0 aliphatic carbocycles. The fourth-order valence-electron chi connectivity index (χ4n) is 2.04. The van der Waals surface area contributed by atoms with E-state index >= 15 is 0 Å². The number of nitrogens with zero attached hydrogens (tertiary/aromatic N) is 2. The minimum Gasteiger partial charge on any atom is -0.391 e. The topological polar surface area (TPSA) is 34.1 Å². The van der Waals surface area contributed by atoms with Crippen molar-refractivity contribution in [3.8, 4) is 0 Å². The van der Waals surface area contributed by atoms with Crippen LogP contribution in [0.1, 0.15) is 33.3 Å². The Morgan fingerprint density at radius 2 is 2.00 bits per heavy atom. The van der Waals surface area contributed by atoms with E-state index in [2.05, 4.69) is 25.9 Å². The maximum absolute atomic E-state index is 14.2. The average Bonchev–Trinajstić information content (AvgIpc) is 2.47. The summed E-state index contributed by atoms with van der Waals surface area (Å²) in [6, 6.07) is 5.21. The number of rotatable bonds is 4. The molecular formula is C17H25FN2O2. The van der Waals surface area contributed by atoms with E-state index < -0.39 is 0 Å². The lowest BCUT2D eigenvalue weighted by Crippen LogP contribution is -2.36. The molecule has 1 aromatic rings. The SMILES string of the molecule is CC(=NOCc1ccc(N2CCOCC2)c(F)c1)C(C)(C)C. The predicted octanol–water partition coefficient (Wildman–Crippen LogP) is 3.60. The Balaban J connectivity index is 1.97. The van der Waals surface area contributed by atoms with Crippen molar-refractivity contribution in [3.05, 3.63) is 29.6 Å². The van der Waals surface area contributed by atoms with Crippen LogP contribution in [0.3, 0.4) is 0 Å². The molecule has 0 aromatic heterocycles. The summed E-state index contributed by atoms with van der Waals surface area (Å²) in [4.78, 5) is 7.34. The van der Waals surface area contributed by atoms with Crippen molar-refractivity contribution in [2.24, 2.45) is 10.6 Å². The number of morpholine rings is 1. The first-order chi connectivity index (χ1) is 10.4. The van der Waals surface area contributed by atoms with Crippen LogP contribution in [-0.4, -0.2) is 32.0 Å². The van der Waals surface area contributed by atoms with E-state index in [1.165, 1.54) is 6.07 Å². The van der Waals surface area contributed by atoms with Crippen molar-refractivity contribution in [1.29, 1.82) is 0 Å². The Labute approximate surface area is 131 Å². The zero-order chi connectivity index (χ0) is 16.2. The molecule has 4 nitrogen and oxygen atoms in total. The van der Waals surface area contributed by atoms with Crippen LogP contribution in [0.4, 0.5) is 10.1 Å². The molecule has 1 fully saturated rings. The summed E-state index contributed by atoms with van der Waals surface area (Å²) in [5.41, 5.74) is 2.30. The Hall–Kier alpha value is -1.62. The van der Waals surface area contributed by atoms with Crippen molar-refractivity contribution in [2.45, 2.75) is 34.3 Å². The first-order valence-electron chi connectivity index (χ1n) is 7.66. The lowest BCUT2D eigenvalue weighted by Gasteiger charge is -2.29. The first kappa shape index (κ1) is 16.7. The van der Waals surface area contributed by atoms with Gasteiger partial charge in [-0.25, -0.2) is 4.39 Å². The van der Waals surface area contributed by atoms with Crippen LogP contribution in [0.5, 0.6) is 0 Å². The van der Waals surface area contributed by atoms with Gasteiger partial charge in [0, 0.05) is 18.5 Å². The molecule has 0 saturated carbocycles. The summed E-state index contributed by atoms with van der Waals surface area (Å²) in [6.07, 6.45) is 0. The number of benzene rings is 1. The standard InChI is InChI=1S/C17H25FN2O2/c1-13(17(2,3)4)19-22-12-14-5-6-16(15(18)11-14)20-7-9-21-10-8-20/h5-6,11H,7-10,12H2,1-4H3. The molecule has 5 heteroatoms. The molecular weight excluding hydrogens is 283 g/mol. The Kier molecular flexibility index (Phi) is 5.40. The maximum Gasteiger partial charge on any atom is 0.146 e. The van der Waals surface area contributed by atoms with Crippen LogP contribution in [0.15, 0.2) is 23.4 Å². The third kappa shape index (κ3) is 4.44. The van der Waals surface area contributed by atoms with Gasteiger partial charge in [-0.2, -0.15) is 0 Å². The molecule has 122 valence electrons. The summed E-state index contributed by atoms with van der Waals surface area (Å²) in [7, 11) is 0. The number of hydrogen-bond acceptors (Lipinski definition) is 4. The second-order valence-corrected chi connectivity index (χ2v) is 6.59. The lowest BCUT2D eigenvalue weighted by molar-refractivity contribution is 0.122. The van der Waals surface area contributed by atoms with Crippen LogP contribution in [-0.2, 0) is 16.2 Å². The molecule has 2 rings (SSSR count). The molecule has 0 spiro atoms. The van der Waals surface area contributed by atoms with E-state index in [0.29, 0.717) is 18.9 Å². The lowest BCUT2D eigenvalue weighted by atomic mass is 9.91. The maximum atomic E-state index is 14.2. The predicted molar refractivity (Wildman–Crippen MR) is 86.8 cm³/mol. The van der Waals surface area contributed by atoms with Gasteiger partial charge < -0.3 is 14.5 Å². The highest BCUT2D eigenvalue weighted by Gasteiger charge is 2.16. The molecule has 1 aliphatic rings. The summed E-state index contributed by atoms with van der Waals surface area (Å²) in [6.45, 7) is 11.2. The molecule has 0 bridgehead atoms. The van der Waals surface area contributed by atoms with E-state index in [1.54, 1.807) is 6.07 Å². The number of hydrogen-bond donors (Lipinski definition) is 0. The van der Waals surface area contributed by atoms with Gasteiger partial charge in [-0.15, -0.1) is 0 Å². The second kappa shape index (κ2) is 7.09. The fraction of sp³-hybridized carbons (Fsp3) is 0.588. The molecule has 0 N–H and O–H groups in total. The highest BCUT2D eigenvalue weighted by Crippen LogP contribution is 2.22. The number of anilines is 1. The highest BCUT2D eigenvalue weighted by atomic mass is 19.1. The molecule has 22 heavy (non-hydrogen) atoms. The van der Waals surface area contributed by atoms with Crippen LogP contribution in [0, 0.1) is 11.2 Å². The van der Waals surface area contributed by atoms with Crippen molar-refractivity contribution in [3.63, 3.8) is 0 Å². The van der Waals surface area contributed by atoms with Gasteiger partial charge >= 0.3 is 0 Å². The summed E-state index contributed by atoms with van der Waals surface area (Å²) < 4.78 is 19.5. The number of ether oxygens (including phenoxy) is 1. The van der Waals surface area contributed by atoms with Gasteiger partial charge in [-0.05, 0) is 24.6 Å². The minimum absolute atomic E-state index is 0.0224. The Bertz CT molecular complexity index is 532. The van der Waals surface area contributed by atoms with E-state index in [4.69, 9.17) is 9.57 Å². The zero-order valence-electron chi connectivity index (χ0n) is 13.9. The van der Waals surface area contributed by atoms with Crippen LogP contribution < -0.4 is 4.90 Å². The van der Waals surface area contributed by atoms with Crippen molar-refractivity contribution in [2.75, 3.05) is 31.2 Å². The van der Waals surface area contributed by atoms with Gasteiger partial charge in [0.25, 0.3) is 0 Å². The molecule has 0 unspecified atom stereocenters. The van der Waals surface area contributed by atoms with E-state index in [9.17, 15) is 4.39 Å². The van der Waals surface area contributed by atoms with E-state index in [1.807, 2.05) is 17.9 Å². The summed E-state index contributed by atoms with van der Waals surface area (Å²) in [5.74, 6) is -0.223. The van der Waals surface area contributed by atoms with Crippen molar-refractivity contribution < 1.29 is 14.0 Å². The Morgan fingerprint density at radius 3 is 2.59 bits per heavy atom. The van der Waals surface area contributed by atoms with Gasteiger partial charge in [-0.3, -0.25) is 0 Å². The molecule has 0 atom stereocenters. The minimum atomic E-state index is -0.223. The van der Waals surface area contributed by atoms with Crippen molar-refractivity contribution in [1.82, 2.24) is 0 Å². The smallest absolute Gasteiger partial charge is 0.146 e. The normalized spacial score (nSPS) is 16.8. The third-order valence-corrected chi connectivity index (χ3v) is 3.88.